The quantitative estimate of drug-likeness (QED) is 0.579. The van der Waals surface area contributed by atoms with E-state index in [4.69, 9.17) is 0 Å². The van der Waals surface area contributed by atoms with Crippen LogP contribution in [0.5, 0.6) is 0 Å². The lowest BCUT2D eigenvalue weighted by Gasteiger charge is -2.10. The van der Waals surface area contributed by atoms with Crippen molar-refractivity contribution in [3.8, 4) is 0 Å². The minimum Gasteiger partial charge on any atom is -0.392 e. The van der Waals surface area contributed by atoms with Crippen LogP contribution in [-0.4, -0.2) is 45.1 Å². The van der Waals surface area contributed by atoms with Gasteiger partial charge in [-0.05, 0) is 24.6 Å². The first-order valence-corrected chi connectivity index (χ1v) is 5.75. The SMILES string of the molecule is O=C(Nc1ccc2n[nH]nc2c1)[C@H]1C[C@H](O)CN1. The molecule has 1 fully saturated rings. The van der Waals surface area contributed by atoms with Crippen molar-refractivity contribution >= 4 is 22.6 Å². The lowest BCUT2D eigenvalue weighted by atomic mass is 10.2. The van der Waals surface area contributed by atoms with Crippen molar-refractivity contribution < 1.29 is 9.90 Å². The molecule has 0 spiro atoms. The van der Waals surface area contributed by atoms with E-state index in [1.54, 1.807) is 18.2 Å². The Kier molecular flexibility index (Phi) is 2.69. The summed E-state index contributed by atoms with van der Waals surface area (Å²) in [5.74, 6) is -0.144. The van der Waals surface area contributed by atoms with Gasteiger partial charge in [0.05, 0.1) is 12.1 Å². The molecule has 1 aromatic carbocycles. The third-order valence-corrected chi connectivity index (χ3v) is 3.01. The first-order chi connectivity index (χ1) is 8.72. The third-order valence-electron chi connectivity index (χ3n) is 3.01. The normalized spacial score (nSPS) is 23.4. The van der Waals surface area contributed by atoms with Gasteiger partial charge in [0.25, 0.3) is 0 Å². The van der Waals surface area contributed by atoms with Crippen molar-refractivity contribution in [2.45, 2.75) is 18.6 Å². The number of amides is 1. The second-order valence-electron chi connectivity index (χ2n) is 4.37. The van der Waals surface area contributed by atoms with Crippen LogP contribution in [0.2, 0.25) is 0 Å². The Morgan fingerprint density at radius 2 is 2.22 bits per heavy atom. The van der Waals surface area contributed by atoms with E-state index < -0.39 is 6.10 Å². The molecule has 1 amide bonds. The molecule has 4 N–H and O–H groups in total. The molecule has 0 saturated carbocycles. The van der Waals surface area contributed by atoms with Gasteiger partial charge in [-0.1, -0.05) is 0 Å². The molecule has 1 aliphatic heterocycles. The monoisotopic (exact) mass is 247 g/mol. The van der Waals surface area contributed by atoms with Crippen LogP contribution in [0.25, 0.3) is 11.0 Å². The van der Waals surface area contributed by atoms with Crippen LogP contribution in [0.3, 0.4) is 0 Å². The summed E-state index contributed by atoms with van der Waals surface area (Å²) in [5.41, 5.74) is 2.12. The molecule has 1 saturated heterocycles. The number of H-pyrrole nitrogens is 1. The molecule has 18 heavy (non-hydrogen) atoms. The average Bonchev–Trinajstić information content (AvgIpc) is 2.96. The fraction of sp³-hybridized carbons (Fsp3) is 0.364. The van der Waals surface area contributed by atoms with Crippen LogP contribution >= 0.6 is 0 Å². The van der Waals surface area contributed by atoms with E-state index in [-0.39, 0.29) is 11.9 Å². The van der Waals surface area contributed by atoms with E-state index in [2.05, 4.69) is 26.0 Å². The molecule has 2 heterocycles. The van der Waals surface area contributed by atoms with E-state index in [0.29, 0.717) is 24.2 Å². The summed E-state index contributed by atoms with van der Waals surface area (Å²) in [6, 6.07) is 4.97. The number of hydrogen-bond donors (Lipinski definition) is 4. The Morgan fingerprint density at radius 3 is 3.00 bits per heavy atom. The van der Waals surface area contributed by atoms with Crippen molar-refractivity contribution in [3.05, 3.63) is 18.2 Å². The standard InChI is InChI=1S/C11H13N5O2/c17-7-4-10(12-5-7)11(18)13-6-1-2-8-9(3-6)15-16-14-8/h1-3,7,10,12,17H,4-5H2,(H,13,18)(H,14,15,16)/t7-,10+/m0/s1. The lowest BCUT2D eigenvalue weighted by molar-refractivity contribution is -0.117. The molecule has 2 aromatic rings. The highest BCUT2D eigenvalue weighted by Crippen LogP contribution is 2.16. The molecule has 0 aliphatic carbocycles. The first kappa shape index (κ1) is 11.1. The predicted octanol–water partition coefficient (Wildman–Crippen LogP) is -0.381. The van der Waals surface area contributed by atoms with Gasteiger partial charge in [-0.25, -0.2) is 0 Å². The molecule has 3 rings (SSSR count). The number of carbonyl (C=O) groups excluding carboxylic acids is 1. The van der Waals surface area contributed by atoms with Crippen LogP contribution in [0.1, 0.15) is 6.42 Å². The maximum Gasteiger partial charge on any atom is 0.241 e. The van der Waals surface area contributed by atoms with Crippen molar-refractivity contribution in [1.29, 1.82) is 0 Å². The van der Waals surface area contributed by atoms with E-state index in [0.717, 1.165) is 5.52 Å². The summed E-state index contributed by atoms with van der Waals surface area (Å²) in [6.45, 7) is 0.459. The van der Waals surface area contributed by atoms with E-state index in [1.807, 2.05) is 0 Å². The molecular formula is C11H13N5O2. The maximum atomic E-state index is 11.9. The first-order valence-electron chi connectivity index (χ1n) is 5.75. The van der Waals surface area contributed by atoms with E-state index in [1.165, 1.54) is 0 Å². The zero-order valence-corrected chi connectivity index (χ0v) is 9.55. The highest BCUT2D eigenvalue weighted by molar-refractivity contribution is 5.96. The van der Waals surface area contributed by atoms with Gasteiger partial charge in [0.2, 0.25) is 5.91 Å². The summed E-state index contributed by atoms with van der Waals surface area (Å²) in [5, 5.41) is 25.5. The van der Waals surface area contributed by atoms with Gasteiger partial charge >= 0.3 is 0 Å². The van der Waals surface area contributed by atoms with Gasteiger partial charge in [-0.3, -0.25) is 4.79 Å². The summed E-state index contributed by atoms with van der Waals surface area (Å²) in [6.07, 6.45) is -0.00308. The summed E-state index contributed by atoms with van der Waals surface area (Å²) in [7, 11) is 0. The maximum absolute atomic E-state index is 11.9. The fourth-order valence-electron chi connectivity index (χ4n) is 2.06. The minimum atomic E-state index is -0.446. The Balaban J connectivity index is 1.73. The second kappa shape index (κ2) is 4.35. The zero-order chi connectivity index (χ0) is 12.5. The van der Waals surface area contributed by atoms with E-state index in [9.17, 15) is 9.90 Å². The molecule has 0 radical (unpaired) electrons. The number of aromatic nitrogens is 3. The van der Waals surface area contributed by atoms with Crippen molar-refractivity contribution in [2.24, 2.45) is 0 Å². The molecule has 0 bridgehead atoms. The van der Waals surface area contributed by atoms with Crippen LogP contribution in [0.4, 0.5) is 5.69 Å². The second-order valence-corrected chi connectivity index (χ2v) is 4.37. The van der Waals surface area contributed by atoms with Gasteiger partial charge in [0, 0.05) is 12.2 Å². The molecule has 0 unspecified atom stereocenters. The topological polar surface area (TPSA) is 103 Å². The smallest absolute Gasteiger partial charge is 0.241 e. The number of aromatic amines is 1. The number of nitrogens with zero attached hydrogens (tertiary/aromatic N) is 2. The van der Waals surface area contributed by atoms with Crippen molar-refractivity contribution in [1.82, 2.24) is 20.7 Å². The highest BCUT2D eigenvalue weighted by atomic mass is 16.3. The Morgan fingerprint density at radius 1 is 1.39 bits per heavy atom. The third kappa shape index (κ3) is 2.05. The largest absolute Gasteiger partial charge is 0.392 e. The lowest BCUT2D eigenvalue weighted by Crippen LogP contribution is -2.35. The molecule has 94 valence electrons. The predicted molar refractivity (Wildman–Crippen MR) is 64.9 cm³/mol. The molecule has 7 heteroatoms. The number of hydrogen-bond acceptors (Lipinski definition) is 5. The molecule has 1 aromatic heterocycles. The van der Waals surface area contributed by atoms with Gasteiger partial charge in [0.1, 0.15) is 11.0 Å². The van der Waals surface area contributed by atoms with Crippen molar-refractivity contribution in [3.63, 3.8) is 0 Å². The summed E-state index contributed by atoms with van der Waals surface area (Å²) < 4.78 is 0. The molecule has 2 atom stereocenters. The van der Waals surface area contributed by atoms with Crippen LogP contribution < -0.4 is 10.6 Å². The number of rotatable bonds is 2. The average molecular weight is 247 g/mol. The Bertz CT molecular complexity index is 582. The van der Waals surface area contributed by atoms with Crippen LogP contribution in [-0.2, 0) is 4.79 Å². The van der Waals surface area contributed by atoms with Crippen LogP contribution in [0, 0.1) is 0 Å². The zero-order valence-electron chi connectivity index (χ0n) is 9.55. The molecule has 7 nitrogen and oxygen atoms in total. The molecular weight excluding hydrogens is 234 g/mol. The number of aliphatic hydroxyl groups excluding tert-OH is 1. The van der Waals surface area contributed by atoms with Crippen LogP contribution in [0.15, 0.2) is 18.2 Å². The summed E-state index contributed by atoms with van der Waals surface area (Å²) >= 11 is 0. The number of nitrogens with one attached hydrogen (secondary N) is 3. The van der Waals surface area contributed by atoms with Gasteiger partial charge in [-0.2, -0.15) is 15.4 Å². The fourth-order valence-corrected chi connectivity index (χ4v) is 2.06. The van der Waals surface area contributed by atoms with Crippen molar-refractivity contribution in [2.75, 3.05) is 11.9 Å². The Hall–Kier alpha value is -1.99. The van der Waals surface area contributed by atoms with Gasteiger partial charge < -0.3 is 15.7 Å². The van der Waals surface area contributed by atoms with Gasteiger partial charge in [0.15, 0.2) is 0 Å². The number of fused-ring (bicyclic) bond motifs is 1. The van der Waals surface area contributed by atoms with Gasteiger partial charge in [-0.15, -0.1) is 0 Å². The number of β-amino-alcohol motifs (C(OH)–C–C–N with tert-alkyl or cyclic N) is 1. The number of carbonyl (C=O) groups is 1. The minimum absolute atomic E-state index is 0.144. The number of benzene rings is 1. The van der Waals surface area contributed by atoms with E-state index >= 15 is 0 Å². The number of anilines is 1. The molecule has 1 aliphatic rings. The Labute approximate surface area is 103 Å². The highest BCUT2D eigenvalue weighted by Gasteiger charge is 2.27. The summed E-state index contributed by atoms with van der Waals surface area (Å²) in [4.78, 5) is 11.9. The number of aliphatic hydroxyl groups is 1.